The minimum Gasteiger partial charge on any atom is -0.383 e. The molecule has 0 saturated heterocycles. The van der Waals surface area contributed by atoms with Crippen LogP contribution in [0.3, 0.4) is 0 Å². The van der Waals surface area contributed by atoms with E-state index in [1.165, 1.54) is 0 Å². The lowest BCUT2D eigenvalue weighted by Gasteiger charge is -2.17. The molecule has 0 rings (SSSR count). The van der Waals surface area contributed by atoms with Gasteiger partial charge in [-0.3, -0.25) is 4.99 Å². The Balaban J connectivity index is 4.06. The van der Waals surface area contributed by atoms with Gasteiger partial charge in [0.25, 0.3) is 0 Å². The van der Waals surface area contributed by atoms with Crippen LogP contribution in [-0.2, 0) is 4.74 Å². The second-order valence-corrected chi connectivity index (χ2v) is 4.16. The number of aliphatic imine (C=N–C) groups is 1. The van der Waals surface area contributed by atoms with E-state index in [0.29, 0.717) is 6.61 Å². The topological polar surface area (TPSA) is 48.9 Å². The van der Waals surface area contributed by atoms with Crippen molar-refractivity contribution >= 4 is 5.96 Å². The van der Waals surface area contributed by atoms with Crippen LogP contribution in [0.5, 0.6) is 0 Å². The zero-order valence-corrected chi connectivity index (χ0v) is 11.9. The molecule has 0 aliphatic carbocycles. The summed E-state index contributed by atoms with van der Waals surface area (Å²) >= 11 is 0. The first-order valence-electron chi connectivity index (χ1n) is 6.36. The van der Waals surface area contributed by atoms with Crippen molar-refractivity contribution in [2.75, 3.05) is 46.9 Å². The van der Waals surface area contributed by atoms with Crippen LogP contribution in [0.1, 0.15) is 20.8 Å². The van der Waals surface area contributed by atoms with Gasteiger partial charge >= 0.3 is 0 Å². The molecule has 0 aromatic heterocycles. The van der Waals surface area contributed by atoms with Crippen LogP contribution >= 0.6 is 0 Å². The van der Waals surface area contributed by atoms with Crippen LogP contribution in [0.4, 0.5) is 0 Å². The Morgan fingerprint density at radius 2 is 2.12 bits per heavy atom. The number of nitrogens with one attached hydrogen (secondary N) is 2. The molecular weight excluding hydrogens is 216 g/mol. The van der Waals surface area contributed by atoms with E-state index in [1.807, 2.05) is 0 Å². The van der Waals surface area contributed by atoms with Crippen LogP contribution in [0.2, 0.25) is 0 Å². The molecule has 0 fully saturated rings. The van der Waals surface area contributed by atoms with Gasteiger partial charge in [-0.2, -0.15) is 0 Å². The number of methoxy groups -OCH3 is 1. The number of ether oxygens (including phenoxy) is 1. The zero-order chi connectivity index (χ0) is 13.1. The fourth-order valence-corrected chi connectivity index (χ4v) is 1.34. The van der Waals surface area contributed by atoms with Crippen molar-refractivity contribution in [1.29, 1.82) is 0 Å². The summed E-state index contributed by atoms with van der Waals surface area (Å²) in [4.78, 5) is 6.76. The number of rotatable bonds is 8. The lowest BCUT2D eigenvalue weighted by Crippen LogP contribution is -2.44. The quantitative estimate of drug-likeness (QED) is 0.483. The molecule has 0 aromatic rings. The monoisotopic (exact) mass is 244 g/mol. The van der Waals surface area contributed by atoms with Gasteiger partial charge in [0, 0.05) is 26.2 Å². The number of guanidine groups is 1. The lowest BCUT2D eigenvalue weighted by molar-refractivity contribution is 0.179. The number of likely N-dealkylation sites (N-methyl/N-ethyl adjacent to an activating group) is 1. The third-order valence-electron chi connectivity index (χ3n) is 2.44. The summed E-state index contributed by atoms with van der Waals surface area (Å²) in [5.74, 6) is 0.863. The molecule has 102 valence electrons. The summed E-state index contributed by atoms with van der Waals surface area (Å²) < 4.78 is 5.09. The fourth-order valence-electron chi connectivity index (χ4n) is 1.34. The average Bonchev–Trinajstić information content (AvgIpc) is 2.29. The molecule has 0 amide bonds. The van der Waals surface area contributed by atoms with Gasteiger partial charge in [0.2, 0.25) is 0 Å². The first-order chi connectivity index (χ1) is 8.13. The molecule has 0 radical (unpaired) electrons. The molecule has 2 N–H and O–H groups in total. The smallest absolute Gasteiger partial charge is 0.191 e. The Morgan fingerprint density at radius 3 is 2.65 bits per heavy atom. The van der Waals surface area contributed by atoms with E-state index in [-0.39, 0.29) is 6.04 Å². The first-order valence-corrected chi connectivity index (χ1v) is 6.36. The predicted molar refractivity (Wildman–Crippen MR) is 73.6 cm³/mol. The first kappa shape index (κ1) is 16.2. The standard InChI is InChI=1S/C12H28N4O/c1-6-13-12(15-11(3)10-17-5)14-8-9-16(4)7-2/h11H,6-10H2,1-5H3,(H2,13,14,15). The molecular formula is C12H28N4O. The maximum atomic E-state index is 5.09. The molecule has 0 bridgehead atoms. The summed E-state index contributed by atoms with van der Waals surface area (Å²) in [5, 5.41) is 6.53. The minimum atomic E-state index is 0.265. The zero-order valence-electron chi connectivity index (χ0n) is 11.9. The Hall–Kier alpha value is -0.810. The van der Waals surface area contributed by atoms with Gasteiger partial charge in [0.05, 0.1) is 13.2 Å². The van der Waals surface area contributed by atoms with Gasteiger partial charge < -0.3 is 20.3 Å². The van der Waals surface area contributed by atoms with E-state index in [9.17, 15) is 0 Å². The number of nitrogens with zero attached hydrogens (tertiary/aromatic N) is 2. The molecule has 1 unspecified atom stereocenters. The highest BCUT2D eigenvalue weighted by Gasteiger charge is 2.03. The van der Waals surface area contributed by atoms with E-state index in [4.69, 9.17) is 4.74 Å². The summed E-state index contributed by atoms with van der Waals surface area (Å²) in [6, 6.07) is 0.265. The highest BCUT2D eigenvalue weighted by atomic mass is 16.5. The van der Waals surface area contributed by atoms with Gasteiger partial charge in [0.1, 0.15) is 0 Å². The van der Waals surface area contributed by atoms with Gasteiger partial charge in [-0.25, -0.2) is 0 Å². The Bertz CT molecular complexity index is 209. The van der Waals surface area contributed by atoms with Crippen molar-refractivity contribution in [1.82, 2.24) is 15.5 Å². The van der Waals surface area contributed by atoms with Gasteiger partial charge in [-0.05, 0) is 27.4 Å². The Morgan fingerprint density at radius 1 is 1.41 bits per heavy atom. The average molecular weight is 244 g/mol. The Kier molecular flexibility index (Phi) is 9.86. The SMILES string of the molecule is CCNC(=NCCN(C)CC)NC(C)COC. The van der Waals surface area contributed by atoms with Crippen molar-refractivity contribution in [3.05, 3.63) is 0 Å². The van der Waals surface area contributed by atoms with Crippen LogP contribution in [0.15, 0.2) is 4.99 Å². The van der Waals surface area contributed by atoms with Crippen LogP contribution in [0.25, 0.3) is 0 Å². The van der Waals surface area contributed by atoms with Crippen molar-refractivity contribution in [3.63, 3.8) is 0 Å². The molecule has 17 heavy (non-hydrogen) atoms. The molecule has 5 nitrogen and oxygen atoms in total. The lowest BCUT2D eigenvalue weighted by atomic mass is 10.4. The second-order valence-electron chi connectivity index (χ2n) is 4.16. The van der Waals surface area contributed by atoms with E-state index in [1.54, 1.807) is 7.11 Å². The summed E-state index contributed by atoms with van der Waals surface area (Å²) in [5.41, 5.74) is 0. The molecule has 0 aliphatic heterocycles. The van der Waals surface area contributed by atoms with Crippen LogP contribution in [0, 0.1) is 0 Å². The minimum absolute atomic E-state index is 0.265. The van der Waals surface area contributed by atoms with Crippen molar-refractivity contribution in [2.24, 2.45) is 4.99 Å². The molecule has 1 atom stereocenters. The predicted octanol–water partition coefficient (Wildman–Crippen LogP) is 0.528. The van der Waals surface area contributed by atoms with Crippen molar-refractivity contribution in [2.45, 2.75) is 26.8 Å². The van der Waals surface area contributed by atoms with Crippen LogP contribution in [-0.4, -0.2) is 63.8 Å². The normalized spacial score (nSPS) is 13.9. The maximum absolute atomic E-state index is 5.09. The van der Waals surface area contributed by atoms with E-state index >= 15 is 0 Å². The molecule has 0 saturated carbocycles. The van der Waals surface area contributed by atoms with Gasteiger partial charge in [0.15, 0.2) is 5.96 Å². The second kappa shape index (κ2) is 10.4. The molecule has 0 aliphatic rings. The van der Waals surface area contributed by atoms with E-state index in [2.05, 4.69) is 48.3 Å². The summed E-state index contributed by atoms with van der Waals surface area (Å²) in [7, 11) is 3.81. The van der Waals surface area contributed by atoms with E-state index < -0.39 is 0 Å². The summed E-state index contributed by atoms with van der Waals surface area (Å²) in [6.07, 6.45) is 0. The fraction of sp³-hybridized carbons (Fsp3) is 0.917. The number of hydrogen-bond acceptors (Lipinski definition) is 3. The third-order valence-corrected chi connectivity index (χ3v) is 2.44. The Labute approximate surface area is 106 Å². The largest absolute Gasteiger partial charge is 0.383 e. The van der Waals surface area contributed by atoms with Gasteiger partial charge in [-0.1, -0.05) is 6.92 Å². The summed E-state index contributed by atoms with van der Waals surface area (Å²) in [6.45, 7) is 10.7. The maximum Gasteiger partial charge on any atom is 0.191 e. The number of hydrogen-bond donors (Lipinski definition) is 2. The van der Waals surface area contributed by atoms with E-state index in [0.717, 1.165) is 32.1 Å². The molecule has 0 aromatic carbocycles. The van der Waals surface area contributed by atoms with Crippen molar-refractivity contribution < 1.29 is 4.74 Å². The van der Waals surface area contributed by atoms with Crippen LogP contribution < -0.4 is 10.6 Å². The highest BCUT2D eigenvalue weighted by Crippen LogP contribution is 1.85. The molecule has 5 heteroatoms. The van der Waals surface area contributed by atoms with Gasteiger partial charge in [-0.15, -0.1) is 0 Å². The van der Waals surface area contributed by atoms with Crippen molar-refractivity contribution in [3.8, 4) is 0 Å². The molecule has 0 spiro atoms. The molecule has 0 heterocycles. The third kappa shape index (κ3) is 8.94. The highest BCUT2D eigenvalue weighted by molar-refractivity contribution is 5.80.